The van der Waals surface area contributed by atoms with Gasteiger partial charge >= 0.3 is 0 Å². The number of amides is 1. The summed E-state index contributed by atoms with van der Waals surface area (Å²) in [7, 11) is 0. The first-order valence-electron chi connectivity index (χ1n) is 6.54. The molecule has 3 nitrogen and oxygen atoms in total. The molecule has 1 amide bonds. The molecule has 0 saturated heterocycles. The third-order valence-electron chi connectivity index (χ3n) is 2.84. The molecule has 0 aliphatic heterocycles. The molecule has 0 unspecified atom stereocenters. The third-order valence-corrected chi connectivity index (χ3v) is 3.29. The van der Waals surface area contributed by atoms with Crippen molar-refractivity contribution in [3.63, 3.8) is 0 Å². The Labute approximate surface area is 134 Å². The molecule has 0 heterocycles. The Bertz CT molecular complexity index is 614. The minimum absolute atomic E-state index is 0.106. The van der Waals surface area contributed by atoms with Crippen molar-refractivity contribution in [2.24, 2.45) is 0 Å². The first-order valence-corrected chi connectivity index (χ1v) is 7.32. The molecule has 2 rings (SSSR count). The van der Waals surface area contributed by atoms with Crippen LogP contribution in [0.2, 0.25) is 5.02 Å². The van der Waals surface area contributed by atoms with Gasteiger partial charge in [0.25, 0.3) is 0 Å². The first-order chi connectivity index (χ1) is 10.1. The summed E-state index contributed by atoms with van der Waals surface area (Å²) in [5.74, 6) is -0.106. The largest absolute Gasteiger partial charge is 0.332 e. The number of rotatable bonds is 4. The van der Waals surface area contributed by atoms with Crippen LogP contribution in [0.5, 0.6) is 0 Å². The van der Waals surface area contributed by atoms with Gasteiger partial charge in [-0.15, -0.1) is 0 Å². The lowest BCUT2D eigenvalue weighted by Crippen LogP contribution is -2.34. The topological polar surface area (TPSA) is 41.1 Å². The second kappa shape index (κ2) is 7.76. The highest BCUT2D eigenvalue weighted by atomic mass is 35.5. The van der Waals surface area contributed by atoms with E-state index in [9.17, 15) is 4.79 Å². The molecule has 0 aromatic heterocycles. The zero-order chi connectivity index (χ0) is 15.1. The fourth-order valence-corrected chi connectivity index (χ4v) is 2.14. The predicted octanol–water partition coefficient (Wildman–Crippen LogP) is 3.79. The first kappa shape index (κ1) is 15.5. The number of hydrogen-bond donors (Lipinski definition) is 2. The zero-order valence-corrected chi connectivity index (χ0v) is 12.9. The molecule has 0 aliphatic rings. The number of hydrogen-bond acceptors (Lipinski definition) is 2. The third kappa shape index (κ3) is 5.53. The van der Waals surface area contributed by atoms with E-state index in [2.05, 4.69) is 10.6 Å². The minimum Gasteiger partial charge on any atom is -0.332 e. The van der Waals surface area contributed by atoms with E-state index in [-0.39, 0.29) is 11.0 Å². The van der Waals surface area contributed by atoms with E-state index in [1.54, 1.807) is 24.3 Å². The molecule has 21 heavy (non-hydrogen) atoms. The summed E-state index contributed by atoms with van der Waals surface area (Å²) in [4.78, 5) is 11.8. The van der Waals surface area contributed by atoms with Crippen molar-refractivity contribution >= 4 is 40.5 Å². The van der Waals surface area contributed by atoms with Crippen LogP contribution in [0.1, 0.15) is 12.0 Å². The van der Waals surface area contributed by atoms with Crippen molar-refractivity contribution in [1.29, 1.82) is 0 Å². The molecule has 0 aliphatic carbocycles. The highest BCUT2D eigenvalue weighted by Crippen LogP contribution is 2.13. The Morgan fingerprint density at radius 1 is 1.05 bits per heavy atom. The molecule has 2 aromatic carbocycles. The average Bonchev–Trinajstić information content (AvgIpc) is 2.48. The summed E-state index contributed by atoms with van der Waals surface area (Å²) in [5, 5.41) is 6.54. The van der Waals surface area contributed by atoms with Gasteiger partial charge in [-0.25, -0.2) is 0 Å². The van der Waals surface area contributed by atoms with Crippen molar-refractivity contribution in [2.75, 3.05) is 5.32 Å². The molecule has 2 aromatic rings. The average molecular weight is 319 g/mol. The highest BCUT2D eigenvalue weighted by Gasteiger charge is 2.05. The number of thiocarbonyl (C=S) groups is 1. The Morgan fingerprint density at radius 2 is 1.71 bits per heavy atom. The summed E-state index contributed by atoms with van der Waals surface area (Å²) >= 11 is 10.9. The fraction of sp³-hybridized carbons (Fsp3) is 0.125. The standard InChI is InChI=1S/C16H15ClN2OS/c17-13-7-9-14(10-8-13)18-16(21)19-15(20)11-6-12-4-2-1-3-5-12/h1-5,7-10H,6,11H2,(H2,18,19,20,21). The summed E-state index contributed by atoms with van der Waals surface area (Å²) in [6.07, 6.45) is 1.09. The van der Waals surface area contributed by atoms with Crippen molar-refractivity contribution in [2.45, 2.75) is 12.8 Å². The lowest BCUT2D eigenvalue weighted by molar-refractivity contribution is -0.119. The predicted molar refractivity (Wildman–Crippen MR) is 90.6 cm³/mol. The Morgan fingerprint density at radius 3 is 2.38 bits per heavy atom. The number of nitrogens with one attached hydrogen (secondary N) is 2. The van der Waals surface area contributed by atoms with E-state index in [1.165, 1.54) is 0 Å². The number of aryl methyl sites for hydroxylation is 1. The van der Waals surface area contributed by atoms with Gasteiger partial charge in [0, 0.05) is 17.1 Å². The molecule has 0 bridgehead atoms. The maximum Gasteiger partial charge on any atom is 0.226 e. The van der Waals surface area contributed by atoms with Gasteiger partial charge in [0.1, 0.15) is 0 Å². The molecule has 108 valence electrons. The molecule has 5 heteroatoms. The smallest absolute Gasteiger partial charge is 0.226 e. The fourth-order valence-electron chi connectivity index (χ4n) is 1.79. The zero-order valence-electron chi connectivity index (χ0n) is 11.3. The number of carbonyl (C=O) groups excluding carboxylic acids is 1. The summed E-state index contributed by atoms with van der Waals surface area (Å²) in [5.41, 5.74) is 1.91. The highest BCUT2D eigenvalue weighted by molar-refractivity contribution is 7.80. The molecule has 0 atom stereocenters. The molecule has 0 spiro atoms. The second-order valence-electron chi connectivity index (χ2n) is 4.49. The summed E-state index contributed by atoms with van der Waals surface area (Å²) in [6, 6.07) is 17.0. The van der Waals surface area contributed by atoms with Crippen molar-refractivity contribution in [3.8, 4) is 0 Å². The van der Waals surface area contributed by atoms with Gasteiger partial charge in [-0.3, -0.25) is 4.79 Å². The van der Waals surface area contributed by atoms with E-state index >= 15 is 0 Å². The van der Waals surface area contributed by atoms with Gasteiger partial charge in [-0.05, 0) is 48.5 Å². The number of halogens is 1. The molecular formula is C16H15ClN2OS. The molecule has 0 saturated carbocycles. The monoisotopic (exact) mass is 318 g/mol. The van der Waals surface area contributed by atoms with Crippen LogP contribution >= 0.6 is 23.8 Å². The molecule has 2 N–H and O–H groups in total. The SMILES string of the molecule is O=C(CCc1ccccc1)NC(=S)Nc1ccc(Cl)cc1. The van der Waals surface area contributed by atoms with Gasteiger partial charge in [0.05, 0.1) is 0 Å². The minimum atomic E-state index is -0.106. The lowest BCUT2D eigenvalue weighted by atomic mass is 10.1. The van der Waals surface area contributed by atoms with Crippen LogP contribution in [0.15, 0.2) is 54.6 Å². The van der Waals surface area contributed by atoms with Crippen LogP contribution in [0.4, 0.5) is 5.69 Å². The summed E-state index contributed by atoms with van der Waals surface area (Å²) < 4.78 is 0. The van der Waals surface area contributed by atoms with Gasteiger partial charge in [0.15, 0.2) is 5.11 Å². The maximum atomic E-state index is 11.8. The van der Waals surface area contributed by atoms with E-state index in [0.29, 0.717) is 17.9 Å². The number of anilines is 1. The van der Waals surface area contributed by atoms with Gasteiger partial charge in [-0.1, -0.05) is 41.9 Å². The van der Waals surface area contributed by atoms with Gasteiger partial charge < -0.3 is 10.6 Å². The molecule has 0 radical (unpaired) electrons. The van der Waals surface area contributed by atoms with Crippen LogP contribution in [0.3, 0.4) is 0 Å². The quantitative estimate of drug-likeness (QED) is 0.843. The Hall–Kier alpha value is -1.91. The normalized spacial score (nSPS) is 9.95. The van der Waals surface area contributed by atoms with Gasteiger partial charge in [0.2, 0.25) is 5.91 Å². The van der Waals surface area contributed by atoms with Crippen LogP contribution < -0.4 is 10.6 Å². The number of benzene rings is 2. The van der Waals surface area contributed by atoms with Crippen LogP contribution in [0, 0.1) is 0 Å². The van der Waals surface area contributed by atoms with E-state index in [1.807, 2.05) is 30.3 Å². The van der Waals surface area contributed by atoms with Crippen LogP contribution in [-0.4, -0.2) is 11.0 Å². The second-order valence-corrected chi connectivity index (χ2v) is 5.34. The molecular weight excluding hydrogens is 304 g/mol. The maximum absolute atomic E-state index is 11.8. The van der Waals surface area contributed by atoms with Crippen molar-refractivity contribution < 1.29 is 4.79 Å². The van der Waals surface area contributed by atoms with E-state index < -0.39 is 0 Å². The van der Waals surface area contributed by atoms with E-state index in [0.717, 1.165) is 11.3 Å². The summed E-state index contributed by atoms with van der Waals surface area (Å²) in [6.45, 7) is 0. The van der Waals surface area contributed by atoms with Crippen molar-refractivity contribution in [1.82, 2.24) is 5.32 Å². The molecule has 0 fully saturated rings. The van der Waals surface area contributed by atoms with Crippen LogP contribution in [0.25, 0.3) is 0 Å². The number of carbonyl (C=O) groups is 1. The van der Waals surface area contributed by atoms with Crippen molar-refractivity contribution in [3.05, 3.63) is 65.2 Å². The van der Waals surface area contributed by atoms with Gasteiger partial charge in [-0.2, -0.15) is 0 Å². The Balaban J connectivity index is 1.77. The lowest BCUT2D eigenvalue weighted by Gasteiger charge is -2.09. The van der Waals surface area contributed by atoms with E-state index in [4.69, 9.17) is 23.8 Å². The Kier molecular flexibility index (Phi) is 5.72. The van der Waals surface area contributed by atoms with Crippen LogP contribution in [-0.2, 0) is 11.2 Å².